The summed E-state index contributed by atoms with van der Waals surface area (Å²) >= 11 is 0. The zero-order chi connectivity index (χ0) is 16.6. The lowest BCUT2D eigenvalue weighted by Gasteiger charge is -2.58. The third-order valence-electron chi connectivity index (χ3n) is 7.81. The normalized spacial score (nSPS) is 55.7. The maximum absolute atomic E-state index is 12.4. The first-order valence-electron chi connectivity index (χ1n) is 9.06. The zero-order valence-corrected chi connectivity index (χ0v) is 14.0. The first-order chi connectivity index (χ1) is 10.8. The van der Waals surface area contributed by atoms with Crippen molar-refractivity contribution in [2.45, 2.75) is 70.7 Å². The number of aliphatic hydroxyl groups is 3. The predicted molar refractivity (Wildman–Crippen MR) is 85.5 cm³/mol. The fourth-order valence-corrected chi connectivity index (χ4v) is 6.46. The summed E-state index contributed by atoms with van der Waals surface area (Å²) in [5, 5.41) is 31.4. The van der Waals surface area contributed by atoms with Gasteiger partial charge in [0.25, 0.3) is 0 Å². The molecule has 0 saturated heterocycles. The van der Waals surface area contributed by atoms with Crippen molar-refractivity contribution in [1.82, 2.24) is 0 Å². The number of aliphatic hydroxyl groups excluding tert-OH is 3. The van der Waals surface area contributed by atoms with Crippen molar-refractivity contribution in [3.63, 3.8) is 0 Å². The monoisotopic (exact) mass is 320 g/mol. The van der Waals surface area contributed by atoms with Crippen LogP contribution in [-0.4, -0.2) is 39.4 Å². The molecule has 4 aliphatic rings. The molecule has 3 fully saturated rings. The van der Waals surface area contributed by atoms with Crippen molar-refractivity contribution in [3.05, 3.63) is 11.6 Å². The van der Waals surface area contributed by atoms with Gasteiger partial charge in [0.15, 0.2) is 0 Å². The number of carbonyl (C=O) groups excluding carboxylic acids is 1. The lowest BCUT2D eigenvalue weighted by Crippen LogP contribution is -2.56. The molecule has 0 aromatic heterocycles. The summed E-state index contributed by atoms with van der Waals surface area (Å²) in [5.41, 5.74) is 0.709. The highest BCUT2D eigenvalue weighted by Gasteiger charge is 2.63. The number of Topliss-reactive ketones (excluding diaryl/α,β-unsaturated/α-hetero) is 1. The predicted octanol–water partition coefficient (Wildman–Crippen LogP) is 1.82. The van der Waals surface area contributed by atoms with E-state index in [1.807, 2.05) is 13.0 Å². The molecule has 8 atom stereocenters. The molecular formula is C19H28O4. The second-order valence-electron chi connectivity index (χ2n) is 8.86. The molecule has 0 radical (unpaired) electrons. The van der Waals surface area contributed by atoms with Crippen molar-refractivity contribution in [2.75, 3.05) is 0 Å². The number of rotatable bonds is 0. The largest absolute Gasteiger partial charge is 0.393 e. The van der Waals surface area contributed by atoms with Crippen molar-refractivity contribution in [3.8, 4) is 0 Å². The fraction of sp³-hybridized carbons (Fsp3) is 0.842. The first kappa shape index (κ1) is 15.8. The number of ketones is 1. The van der Waals surface area contributed by atoms with Gasteiger partial charge in [-0.3, -0.25) is 4.79 Å². The SMILES string of the molecule is C[C@]12CC[C@H](O)CC1=CC(O)C1C3C(O)CC(=O)[C@@]3(C)CC[C@@H]12. The number of fused-ring (bicyclic) bond motifs is 5. The Labute approximate surface area is 137 Å². The highest BCUT2D eigenvalue weighted by atomic mass is 16.3. The number of hydrogen-bond acceptors (Lipinski definition) is 4. The third kappa shape index (κ3) is 1.98. The quantitative estimate of drug-likeness (QED) is 0.595. The summed E-state index contributed by atoms with van der Waals surface area (Å²) in [4.78, 5) is 12.4. The Morgan fingerprint density at radius 2 is 1.74 bits per heavy atom. The van der Waals surface area contributed by atoms with Crippen LogP contribution < -0.4 is 0 Å². The van der Waals surface area contributed by atoms with Crippen LogP contribution in [0.1, 0.15) is 52.4 Å². The van der Waals surface area contributed by atoms with Gasteiger partial charge in [0.1, 0.15) is 5.78 Å². The van der Waals surface area contributed by atoms with Crippen molar-refractivity contribution in [2.24, 2.45) is 28.6 Å². The molecule has 4 aliphatic carbocycles. The van der Waals surface area contributed by atoms with Crippen LogP contribution in [0.15, 0.2) is 11.6 Å². The molecule has 128 valence electrons. The van der Waals surface area contributed by atoms with E-state index in [0.29, 0.717) is 12.3 Å². The number of hydrogen-bond donors (Lipinski definition) is 3. The maximum Gasteiger partial charge on any atom is 0.141 e. The molecule has 0 amide bonds. The van der Waals surface area contributed by atoms with Crippen molar-refractivity contribution >= 4 is 5.78 Å². The van der Waals surface area contributed by atoms with E-state index in [1.165, 1.54) is 5.57 Å². The molecule has 0 heterocycles. The smallest absolute Gasteiger partial charge is 0.141 e. The van der Waals surface area contributed by atoms with E-state index < -0.39 is 17.6 Å². The van der Waals surface area contributed by atoms with E-state index in [0.717, 1.165) is 25.7 Å². The molecule has 4 heteroatoms. The van der Waals surface area contributed by atoms with Crippen LogP contribution in [0.3, 0.4) is 0 Å². The number of carbonyl (C=O) groups is 1. The Hall–Kier alpha value is -0.710. The lowest BCUT2D eigenvalue weighted by molar-refractivity contribution is -0.138. The Bertz CT molecular complexity index is 570. The van der Waals surface area contributed by atoms with Crippen LogP contribution in [-0.2, 0) is 4.79 Å². The van der Waals surface area contributed by atoms with E-state index in [9.17, 15) is 20.1 Å². The Kier molecular flexibility index (Phi) is 3.37. The maximum atomic E-state index is 12.4. The molecule has 23 heavy (non-hydrogen) atoms. The molecule has 0 bridgehead atoms. The van der Waals surface area contributed by atoms with Gasteiger partial charge in [-0.1, -0.05) is 25.5 Å². The van der Waals surface area contributed by atoms with Crippen molar-refractivity contribution in [1.29, 1.82) is 0 Å². The topological polar surface area (TPSA) is 77.8 Å². The highest BCUT2D eigenvalue weighted by molar-refractivity contribution is 5.88. The Balaban J connectivity index is 1.77. The summed E-state index contributed by atoms with van der Waals surface area (Å²) in [5.74, 6) is 0.285. The van der Waals surface area contributed by atoms with Gasteiger partial charge in [-0.2, -0.15) is 0 Å². The highest BCUT2D eigenvalue weighted by Crippen LogP contribution is 2.63. The van der Waals surface area contributed by atoms with Crippen LogP contribution in [0, 0.1) is 28.6 Å². The summed E-state index contributed by atoms with van der Waals surface area (Å²) in [7, 11) is 0. The summed E-state index contributed by atoms with van der Waals surface area (Å²) in [6, 6.07) is 0. The van der Waals surface area contributed by atoms with Gasteiger partial charge in [-0.25, -0.2) is 0 Å². The fourth-order valence-electron chi connectivity index (χ4n) is 6.46. The standard InChI is InChI=1S/C19H28O4/c1-18-5-3-11(20)7-10(18)8-13(21)16-12(18)4-6-19(2)15(23)9-14(22)17(16)19/h8,11-14,16-17,20-22H,3-7,9H2,1-2H3/t11-,12-,13?,14?,16?,17?,18-,19+/m0/s1. The molecule has 0 aliphatic heterocycles. The molecular weight excluding hydrogens is 292 g/mol. The average Bonchev–Trinajstić information content (AvgIpc) is 2.71. The van der Waals surface area contributed by atoms with E-state index in [1.54, 1.807) is 0 Å². The third-order valence-corrected chi connectivity index (χ3v) is 7.81. The summed E-state index contributed by atoms with van der Waals surface area (Å²) in [6.45, 7) is 4.26. The lowest BCUT2D eigenvalue weighted by atomic mass is 9.47. The van der Waals surface area contributed by atoms with Crippen LogP contribution in [0.4, 0.5) is 0 Å². The van der Waals surface area contributed by atoms with Crippen LogP contribution in [0.25, 0.3) is 0 Å². The second kappa shape index (κ2) is 4.90. The van der Waals surface area contributed by atoms with Crippen LogP contribution in [0.2, 0.25) is 0 Å². The van der Waals surface area contributed by atoms with Gasteiger partial charge < -0.3 is 15.3 Å². The van der Waals surface area contributed by atoms with Gasteiger partial charge in [0, 0.05) is 17.8 Å². The molecule has 0 aromatic carbocycles. The van der Waals surface area contributed by atoms with Gasteiger partial charge in [-0.05, 0) is 49.4 Å². The second-order valence-corrected chi connectivity index (χ2v) is 8.86. The van der Waals surface area contributed by atoms with E-state index in [2.05, 4.69) is 6.92 Å². The van der Waals surface area contributed by atoms with E-state index >= 15 is 0 Å². The molecule has 0 aromatic rings. The van der Waals surface area contributed by atoms with Gasteiger partial charge in [0.2, 0.25) is 0 Å². The molecule has 4 unspecified atom stereocenters. The van der Waals surface area contributed by atoms with Gasteiger partial charge in [0.05, 0.1) is 18.3 Å². The van der Waals surface area contributed by atoms with Gasteiger partial charge >= 0.3 is 0 Å². The van der Waals surface area contributed by atoms with Crippen LogP contribution >= 0.6 is 0 Å². The molecule has 0 spiro atoms. The minimum Gasteiger partial charge on any atom is -0.393 e. The summed E-state index contributed by atoms with van der Waals surface area (Å²) in [6.07, 6.45) is 4.77. The van der Waals surface area contributed by atoms with Crippen molar-refractivity contribution < 1.29 is 20.1 Å². The average molecular weight is 320 g/mol. The molecule has 3 N–H and O–H groups in total. The summed E-state index contributed by atoms with van der Waals surface area (Å²) < 4.78 is 0. The Morgan fingerprint density at radius 1 is 1.04 bits per heavy atom. The molecule has 4 rings (SSSR count). The minimum atomic E-state index is -0.623. The van der Waals surface area contributed by atoms with Crippen LogP contribution in [0.5, 0.6) is 0 Å². The molecule has 3 saturated carbocycles. The Morgan fingerprint density at radius 3 is 2.48 bits per heavy atom. The van der Waals surface area contributed by atoms with E-state index in [4.69, 9.17) is 0 Å². The minimum absolute atomic E-state index is 0.00415. The zero-order valence-electron chi connectivity index (χ0n) is 14.0. The first-order valence-corrected chi connectivity index (χ1v) is 9.06. The van der Waals surface area contributed by atoms with E-state index in [-0.39, 0.29) is 35.6 Å². The molecule has 4 nitrogen and oxygen atoms in total. The van der Waals surface area contributed by atoms with Gasteiger partial charge in [-0.15, -0.1) is 0 Å².